The Hall–Kier alpha value is -0.910. The summed E-state index contributed by atoms with van der Waals surface area (Å²) in [5.41, 5.74) is 0.758. The lowest BCUT2D eigenvalue weighted by Gasteiger charge is -2.40. The van der Waals surface area contributed by atoms with Crippen LogP contribution in [-0.4, -0.2) is 62.0 Å². The molecule has 5 heteroatoms. The van der Waals surface area contributed by atoms with Crippen LogP contribution in [0.25, 0.3) is 0 Å². The molecule has 104 valence electrons. The highest BCUT2D eigenvalue weighted by Gasteiger charge is 2.28. The average molecular weight is 326 g/mol. The van der Waals surface area contributed by atoms with Gasteiger partial charge >= 0.3 is 0 Å². The summed E-state index contributed by atoms with van der Waals surface area (Å²) in [6, 6.07) is 7.81. The molecule has 1 amide bonds. The van der Waals surface area contributed by atoms with Crippen LogP contribution >= 0.6 is 15.9 Å². The molecule has 1 aromatic carbocycles. The highest BCUT2D eigenvalue weighted by molar-refractivity contribution is 9.10. The second-order valence-corrected chi connectivity index (χ2v) is 5.89. The van der Waals surface area contributed by atoms with E-state index in [1.165, 1.54) is 0 Å². The molecule has 0 aliphatic carbocycles. The van der Waals surface area contributed by atoms with Crippen molar-refractivity contribution < 1.29 is 4.79 Å². The summed E-state index contributed by atoms with van der Waals surface area (Å²) >= 11 is 3.39. The standard InChI is InChI=1S/C14H20BrN3O/c1-16-9-13-10-17(2)7-8-18(13)14(19)11-3-5-12(15)6-4-11/h3-6,13,16H,7-10H2,1-2H3. The van der Waals surface area contributed by atoms with Gasteiger partial charge in [0.25, 0.3) is 5.91 Å². The summed E-state index contributed by atoms with van der Waals surface area (Å²) in [5.74, 6) is 0.126. The van der Waals surface area contributed by atoms with Crippen LogP contribution in [0, 0.1) is 0 Å². The molecule has 0 radical (unpaired) electrons. The van der Waals surface area contributed by atoms with Crippen molar-refractivity contribution in [1.82, 2.24) is 15.1 Å². The summed E-state index contributed by atoms with van der Waals surface area (Å²) in [7, 11) is 4.03. The van der Waals surface area contributed by atoms with E-state index < -0.39 is 0 Å². The van der Waals surface area contributed by atoms with Crippen LogP contribution < -0.4 is 5.32 Å². The molecule has 19 heavy (non-hydrogen) atoms. The van der Waals surface area contributed by atoms with Crippen molar-refractivity contribution in [2.24, 2.45) is 0 Å². The normalized spacial score (nSPS) is 20.6. The summed E-state index contributed by atoms with van der Waals surface area (Å²) < 4.78 is 0.995. The Morgan fingerprint density at radius 1 is 1.37 bits per heavy atom. The first kappa shape index (κ1) is 14.5. The Morgan fingerprint density at radius 2 is 2.05 bits per heavy atom. The van der Waals surface area contributed by atoms with Gasteiger partial charge in [-0.25, -0.2) is 0 Å². The van der Waals surface area contributed by atoms with Crippen molar-refractivity contribution in [2.45, 2.75) is 6.04 Å². The van der Waals surface area contributed by atoms with Crippen LogP contribution in [0.5, 0.6) is 0 Å². The summed E-state index contributed by atoms with van der Waals surface area (Å²) in [4.78, 5) is 16.8. The van der Waals surface area contributed by atoms with E-state index in [2.05, 4.69) is 33.2 Å². The smallest absolute Gasteiger partial charge is 0.254 e. The fourth-order valence-corrected chi connectivity index (χ4v) is 2.71. The number of piperazine rings is 1. The Labute approximate surface area is 122 Å². The Kier molecular flexibility index (Phi) is 4.96. The lowest BCUT2D eigenvalue weighted by atomic mass is 10.1. The fourth-order valence-electron chi connectivity index (χ4n) is 2.45. The zero-order valence-corrected chi connectivity index (χ0v) is 13.0. The Morgan fingerprint density at radius 3 is 2.68 bits per heavy atom. The molecule has 1 fully saturated rings. The van der Waals surface area contributed by atoms with Gasteiger partial charge in [0.1, 0.15) is 0 Å². The van der Waals surface area contributed by atoms with Gasteiger partial charge in [-0.3, -0.25) is 4.79 Å². The van der Waals surface area contributed by atoms with Crippen LogP contribution in [0.2, 0.25) is 0 Å². The van der Waals surface area contributed by atoms with E-state index >= 15 is 0 Å². The van der Waals surface area contributed by atoms with Crippen molar-refractivity contribution in [3.05, 3.63) is 34.3 Å². The molecule has 4 nitrogen and oxygen atoms in total. The molecule has 1 aliphatic rings. The highest BCUT2D eigenvalue weighted by Crippen LogP contribution is 2.16. The minimum Gasteiger partial charge on any atom is -0.332 e. The first-order valence-corrected chi connectivity index (χ1v) is 7.31. The van der Waals surface area contributed by atoms with Gasteiger partial charge < -0.3 is 15.1 Å². The SMILES string of the molecule is CNCC1CN(C)CCN1C(=O)c1ccc(Br)cc1. The zero-order valence-electron chi connectivity index (χ0n) is 11.4. The molecule has 1 aliphatic heterocycles. The molecule has 0 bridgehead atoms. The lowest BCUT2D eigenvalue weighted by Crippen LogP contribution is -2.57. The van der Waals surface area contributed by atoms with Crippen molar-refractivity contribution in [1.29, 1.82) is 0 Å². The third-order valence-electron chi connectivity index (χ3n) is 3.48. The van der Waals surface area contributed by atoms with Gasteiger partial charge in [0.05, 0.1) is 6.04 Å². The summed E-state index contributed by atoms with van der Waals surface area (Å²) in [6.07, 6.45) is 0. The number of benzene rings is 1. The number of carbonyl (C=O) groups excluding carboxylic acids is 1. The molecule has 1 N–H and O–H groups in total. The van der Waals surface area contributed by atoms with Crippen LogP contribution in [-0.2, 0) is 0 Å². The van der Waals surface area contributed by atoms with E-state index in [0.717, 1.165) is 36.2 Å². The van der Waals surface area contributed by atoms with Crippen molar-refractivity contribution in [3.8, 4) is 0 Å². The second-order valence-electron chi connectivity index (χ2n) is 4.98. The second kappa shape index (κ2) is 6.50. The van der Waals surface area contributed by atoms with Gasteiger partial charge in [-0.05, 0) is 38.4 Å². The van der Waals surface area contributed by atoms with Gasteiger partial charge in [-0.2, -0.15) is 0 Å². The van der Waals surface area contributed by atoms with E-state index in [1.54, 1.807) is 0 Å². The maximum atomic E-state index is 12.6. The van der Waals surface area contributed by atoms with Gasteiger partial charge in [0, 0.05) is 36.2 Å². The molecule has 2 rings (SSSR count). The number of amides is 1. The maximum absolute atomic E-state index is 12.6. The third kappa shape index (κ3) is 3.55. The lowest BCUT2D eigenvalue weighted by molar-refractivity contribution is 0.0504. The molecule has 1 heterocycles. The molecule has 0 spiro atoms. The average Bonchev–Trinajstić information content (AvgIpc) is 2.39. The van der Waals surface area contributed by atoms with Gasteiger partial charge in [0.15, 0.2) is 0 Å². The summed E-state index contributed by atoms with van der Waals surface area (Å²) in [6.45, 7) is 3.47. The monoisotopic (exact) mass is 325 g/mol. The topological polar surface area (TPSA) is 35.6 Å². The Balaban J connectivity index is 2.13. The number of nitrogens with one attached hydrogen (secondary N) is 1. The number of hydrogen-bond acceptors (Lipinski definition) is 3. The minimum absolute atomic E-state index is 0.126. The largest absolute Gasteiger partial charge is 0.332 e. The van der Waals surface area contributed by atoms with Crippen LogP contribution in [0.3, 0.4) is 0 Å². The number of halogens is 1. The van der Waals surface area contributed by atoms with E-state index in [-0.39, 0.29) is 11.9 Å². The van der Waals surface area contributed by atoms with E-state index in [1.807, 2.05) is 36.2 Å². The first-order chi connectivity index (χ1) is 9.11. The molecular formula is C14H20BrN3O. The number of hydrogen-bond donors (Lipinski definition) is 1. The molecular weight excluding hydrogens is 306 g/mol. The molecule has 1 saturated heterocycles. The van der Waals surface area contributed by atoms with E-state index in [4.69, 9.17) is 0 Å². The molecule has 1 aromatic rings. The molecule has 1 atom stereocenters. The highest BCUT2D eigenvalue weighted by atomic mass is 79.9. The van der Waals surface area contributed by atoms with E-state index in [9.17, 15) is 4.79 Å². The number of carbonyl (C=O) groups is 1. The van der Waals surface area contributed by atoms with Crippen LogP contribution in [0.15, 0.2) is 28.7 Å². The predicted octanol–water partition coefficient (Wildman–Crippen LogP) is 1.42. The summed E-state index contributed by atoms with van der Waals surface area (Å²) in [5, 5.41) is 3.18. The van der Waals surface area contributed by atoms with Crippen molar-refractivity contribution in [2.75, 3.05) is 40.3 Å². The third-order valence-corrected chi connectivity index (χ3v) is 4.01. The van der Waals surface area contributed by atoms with Crippen LogP contribution in [0.4, 0.5) is 0 Å². The predicted molar refractivity (Wildman–Crippen MR) is 80.4 cm³/mol. The molecule has 0 saturated carbocycles. The number of likely N-dealkylation sites (N-methyl/N-ethyl adjacent to an activating group) is 2. The van der Waals surface area contributed by atoms with Gasteiger partial charge in [-0.1, -0.05) is 15.9 Å². The molecule has 1 unspecified atom stereocenters. The van der Waals surface area contributed by atoms with Crippen molar-refractivity contribution >= 4 is 21.8 Å². The maximum Gasteiger partial charge on any atom is 0.254 e. The number of nitrogens with zero attached hydrogens (tertiary/aromatic N) is 2. The van der Waals surface area contributed by atoms with Gasteiger partial charge in [0.2, 0.25) is 0 Å². The Bertz CT molecular complexity index is 435. The number of rotatable bonds is 3. The van der Waals surface area contributed by atoms with Gasteiger partial charge in [-0.15, -0.1) is 0 Å². The first-order valence-electron chi connectivity index (χ1n) is 6.51. The minimum atomic E-state index is 0.126. The van der Waals surface area contributed by atoms with Crippen LogP contribution in [0.1, 0.15) is 10.4 Å². The quantitative estimate of drug-likeness (QED) is 0.913. The fraction of sp³-hybridized carbons (Fsp3) is 0.500. The molecule has 0 aromatic heterocycles. The van der Waals surface area contributed by atoms with E-state index in [0.29, 0.717) is 0 Å². The van der Waals surface area contributed by atoms with Crippen molar-refractivity contribution in [3.63, 3.8) is 0 Å². The zero-order chi connectivity index (χ0) is 13.8.